The van der Waals surface area contributed by atoms with Crippen LogP contribution in [-0.2, 0) is 6.54 Å². The first-order valence-corrected chi connectivity index (χ1v) is 13.9. The van der Waals surface area contributed by atoms with Gasteiger partial charge < -0.3 is 10.6 Å². The van der Waals surface area contributed by atoms with E-state index in [2.05, 4.69) is 39.7 Å². The van der Waals surface area contributed by atoms with Crippen LogP contribution >= 0.6 is 11.6 Å². The van der Waals surface area contributed by atoms with Gasteiger partial charge in [0.1, 0.15) is 5.65 Å². The van der Waals surface area contributed by atoms with E-state index in [0.717, 1.165) is 40.9 Å². The number of nitrogens with one attached hydrogen (secondary N) is 2. The van der Waals surface area contributed by atoms with E-state index in [4.69, 9.17) is 16.6 Å². The number of nitrogens with zero attached hydrogens (tertiary/aromatic N) is 4. The van der Waals surface area contributed by atoms with Crippen LogP contribution in [0, 0.1) is 6.92 Å². The molecule has 2 N–H and O–H groups in total. The van der Waals surface area contributed by atoms with E-state index in [1.807, 2.05) is 69.4 Å². The summed E-state index contributed by atoms with van der Waals surface area (Å²) in [6.45, 7) is 7.57. The predicted octanol–water partition coefficient (Wildman–Crippen LogP) is 6.96. The van der Waals surface area contributed by atoms with Crippen molar-refractivity contribution < 1.29 is 0 Å². The van der Waals surface area contributed by atoms with Crippen LogP contribution in [0.15, 0.2) is 77.9 Å². The lowest BCUT2D eigenvalue weighted by molar-refractivity contribution is 0.636. The predicted molar refractivity (Wildman–Crippen MR) is 165 cm³/mol. The van der Waals surface area contributed by atoms with Crippen molar-refractivity contribution in [3.05, 3.63) is 99.7 Å². The second-order valence-corrected chi connectivity index (χ2v) is 10.4. The van der Waals surface area contributed by atoms with Crippen LogP contribution in [0.5, 0.6) is 0 Å². The first kappa shape index (κ1) is 27.5. The minimum Gasteiger partial charge on any atom is -0.324 e. The van der Waals surface area contributed by atoms with Crippen LogP contribution in [0.1, 0.15) is 37.4 Å². The Balaban J connectivity index is 1.46. The number of hydrogen-bond acceptors (Lipinski definition) is 6. The van der Waals surface area contributed by atoms with Gasteiger partial charge >= 0.3 is 0 Å². The van der Waals surface area contributed by atoms with Crippen LogP contribution in [0.3, 0.4) is 0 Å². The molecule has 40 heavy (non-hydrogen) atoms. The molecule has 0 spiro atoms. The maximum atomic E-state index is 13.6. The minimum atomic E-state index is -0.147. The average molecular weight is 553 g/mol. The highest BCUT2D eigenvalue weighted by Gasteiger charge is 2.16. The van der Waals surface area contributed by atoms with E-state index in [0.29, 0.717) is 40.2 Å². The second kappa shape index (κ2) is 12.0. The zero-order chi connectivity index (χ0) is 28.2. The Hall–Kier alpha value is -4.07. The standard InChI is InChI=1S/C32H33ClN6O/c1-5-39-30-24(19-36-32(38-30)37-25-11-8-22(9-12-25)20(2)14-16-34-4)17-28(31(39)40)27-13-10-23(18-29(27)33)26-7-6-15-35-21(26)3/h6-13,15,17-20,34H,5,14,16H2,1-4H3,(H,36,37,38). The molecule has 1 atom stereocenters. The number of anilines is 2. The molecule has 5 rings (SSSR count). The van der Waals surface area contributed by atoms with Crippen molar-refractivity contribution >= 4 is 34.3 Å². The Bertz CT molecular complexity index is 1710. The molecular weight excluding hydrogens is 520 g/mol. The van der Waals surface area contributed by atoms with E-state index in [9.17, 15) is 4.79 Å². The lowest BCUT2D eigenvalue weighted by Crippen LogP contribution is -2.22. The Kier molecular flexibility index (Phi) is 8.24. The van der Waals surface area contributed by atoms with Crippen molar-refractivity contribution in [3.8, 4) is 22.3 Å². The van der Waals surface area contributed by atoms with E-state index in [-0.39, 0.29) is 5.56 Å². The molecule has 0 saturated heterocycles. The van der Waals surface area contributed by atoms with Crippen LogP contribution in [-0.4, -0.2) is 33.1 Å². The third-order valence-corrected chi connectivity index (χ3v) is 7.60. The van der Waals surface area contributed by atoms with Gasteiger partial charge in [0.05, 0.1) is 0 Å². The fourth-order valence-corrected chi connectivity index (χ4v) is 5.23. The Labute approximate surface area is 239 Å². The van der Waals surface area contributed by atoms with Crippen molar-refractivity contribution in [2.24, 2.45) is 0 Å². The van der Waals surface area contributed by atoms with E-state index in [1.54, 1.807) is 17.0 Å². The maximum Gasteiger partial charge on any atom is 0.260 e. The first-order chi connectivity index (χ1) is 19.4. The fourth-order valence-electron chi connectivity index (χ4n) is 4.95. The number of pyridine rings is 2. The molecule has 0 bridgehead atoms. The number of aromatic nitrogens is 4. The normalized spacial score (nSPS) is 12.0. The molecule has 0 aliphatic heterocycles. The number of halogens is 1. The quantitative estimate of drug-likeness (QED) is 0.206. The molecule has 8 heteroatoms. The summed E-state index contributed by atoms with van der Waals surface area (Å²) in [5, 5.41) is 7.75. The molecule has 3 aromatic heterocycles. The molecule has 3 heterocycles. The minimum absolute atomic E-state index is 0.147. The summed E-state index contributed by atoms with van der Waals surface area (Å²) in [4.78, 5) is 27.3. The number of fused-ring (bicyclic) bond motifs is 1. The highest BCUT2D eigenvalue weighted by molar-refractivity contribution is 6.33. The molecule has 0 aliphatic carbocycles. The van der Waals surface area contributed by atoms with Gasteiger partial charge in [-0.15, -0.1) is 0 Å². The van der Waals surface area contributed by atoms with Crippen LogP contribution in [0.2, 0.25) is 5.02 Å². The molecule has 0 fully saturated rings. The van der Waals surface area contributed by atoms with Gasteiger partial charge in [0.25, 0.3) is 5.56 Å². The SMILES string of the molecule is CCn1c(=O)c(-c2ccc(-c3cccnc3C)cc2Cl)cc2cnc(Nc3ccc(C(C)CCNC)cc3)nc21. The smallest absolute Gasteiger partial charge is 0.260 e. The van der Waals surface area contributed by atoms with E-state index < -0.39 is 0 Å². The summed E-state index contributed by atoms with van der Waals surface area (Å²) < 4.78 is 1.67. The molecule has 2 aromatic carbocycles. The summed E-state index contributed by atoms with van der Waals surface area (Å²) in [7, 11) is 1.97. The molecule has 0 amide bonds. The molecular formula is C32H33ClN6O. The summed E-state index contributed by atoms with van der Waals surface area (Å²) in [5.74, 6) is 0.905. The Morgan fingerprint density at radius 1 is 1.00 bits per heavy atom. The zero-order valence-corrected chi connectivity index (χ0v) is 24.0. The monoisotopic (exact) mass is 552 g/mol. The third-order valence-electron chi connectivity index (χ3n) is 7.28. The van der Waals surface area contributed by atoms with Crippen molar-refractivity contribution in [2.45, 2.75) is 39.7 Å². The van der Waals surface area contributed by atoms with Crippen molar-refractivity contribution in [2.75, 3.05) is 18.9 Å². The molecule has 7 nitrogen and oxygen atoms in total. The molecule has 0 radical (unpaired) electrons. The van der Waals surface area contributed by atoms with Gasteiger partial charge in [0, 0.05) is 57.4 Å². The summed E-state index contributed by atoms with van der Waals surface area (Å²) in [6, 6.07) is 19.8. The summed E-state index contributed by atoms with van der Waals surface area (Å²) in [5.41, 5.74) is 6.67. The lowest BCUT2D eigenvalue weighted by Gasteiger charge is -2.14. The van der Waals surface area contributed by atoms with Crippen LogP contribution in [0.25, 0.3) is 33.3 Å². The fraction of sp³-hybridized carbons (Fsp3) is 0.250. The second-order valence-electron chi connectivity index (χ2n) is 9.95. The van der Waals surface area contributed by atoms with Crippen LogP contribution < -0.4 is 16.2 Å². The Morgan fingerprint density at radius 2 is 1.80 bits per heavy atom. The molecule has 0 aliphatic rings. The van der Waals surface area contributed by atoms with Crippen LogP contribution in [0.4, 0.5) is 11.6 Å². The highest BCUT2D eigenvalue weighted by Crippen LogP contribution is 2.33. The first-order valence-electron chi connectivity index (χ1n) is 13.5. The Morgan fingerprint density at radius 3 is 2.50 bits per heavy atom. The number of rotatable bonds is 9. The van der Waals surface area contributed by atoms with Crippen molar-refractivity contribution in [3.63, 3.8) is 0 Å². The van der Waals surface area contributed by atoms with Gasteiger partial charge in [-0.2, -0.15) is 4.98 Å². The number of benzene rings is 2. The van der Waals surface area contributed by atoms with Gasteiger partial charge in [0.15, 0.2) is 0 Å². The molecule has 204 valence electrons. The number of hydrogen-bond donors (Lipinski definition) is 2. The van der Waals surface area contributed by atoms with Gasteiger partial charge in [-0.1, -0.05) is 48.9 Å². The van der Waals surface area contributed by atoms with E-state index in [1.165, 1.54) is 5.56 Å². The highest BCUT2D eigenvalue weighted by atomic mass is 35.5. The summed E-state index contributed by atoms with van der Waals surface area (Å²) >= 11 is 6.74. The van der Waals surface area contributed by atoms with Gasteiger partial charge in [0.2, 0.25) is 5.95 Å². The van der Waals surface area contributed by atoms with Crippen molar-refractivity contribution in [1.29, 1.82) is 0 Å². The van der Waals surface area contributed by atoms with Gasteiger partial charge in [-0.3, -0.25) is 14.3 Å². The van der Waals surface area contributed by atoms with Gasteiger partial charge in [-0.25, -0.2) is 4.98 Å². The maximum absolute atomic E-state index is 13.6. The topological polar surface area (TPSA) is 84.7 Å². The average Bonchev–Trinajstić information content (AvgIpc) is 2.96. The molecule has 0 saturated carbocycles. The summed E-state index contributed by atoms with van der Waals surface area (Å²) in [6.07, 6.45) is 4.59. The zero-order valence-electron chi connectivity index (χ0n) is 23.2. The molecule has 5 aromatic rings. The third kappa shape index (κ3) is 5.62. The van der Waals surface area contributed by atoms with Gasteiger partial charge in [-0.05, 0) is 81.2 Å². The van der Waals surface area contributed by atoms with E-state index >= 15 is 0 Å². The lowest BCUT2D eigenvalue weighted by atomic mass is 9.97. The van der Waals surface area contributed by atoms with Crippen molar-refractivity contribution in [1.82, 2.24) is 24.8 Å². The number of aryl methyl sites for hydroxylation is 2. The molecule has 1 unspecified atom stereocenters. The largest absolute Gasteiger partial charge is 0.324 e.